The molecule has 1 saturated heterocycles. The summed E-state index contributed by atoms with van der Waals surface area (Å²) < 4.78 is 5.34. The summed E-state index contributed by atoms with van der Waals surface area (Å²) >= 11 is 0. The Morgan fingerprint density at radius 1 is 1.45 bits per heavy atom. The Balaban J connectivity index is 1.79. The molecule has 0 spiro atoms. The second-order valence-electron chi connectivity index (χ2n) is 5.49. The maximum absolute atomic E-state index is 11.4. The number of rotatable bonds is 6. The van der Waals surface area contributed by atoms with Gasteiger partial charge in [-0.1, -0.05) is 18.2 Å². The molecule has 1 aromatic carbocycles. The van der Waals surface area contributed by atoms with Crippen LogP contribution in [0.4, 0.5) is 0 Å². The van der Waals surface area contributed by atoms with Gasteiger partial charge in [-0.25, -0.2) is 0 Å². The molecule has 0 unspecified atom stereocenters. The Morgan fingerprint density at radius 2 is 2.25 bits per heavy atom. The number of amides is 1. The molecule has 0 saturated carbocycles. The van der Waals surface area contributed by atoms with Crippen LogP contribution < -0.4 is 15.4 Å². The standard InChI is InChI=1S/C16H24N2O2/c1-12(10-14-7-5-9-16(19)18-14)17-11-13-6-3-4-8-15(13)20-2/h3-4,6,8,12,14,17H,5,7,9-11H2,1-2H3,(H,18,19)/t12-,14-/m1/s1. The Labute approximate surface area is 120 Å². The maximum Gasteiger partial charge on any atom is 0.220 e. The van der Waals surface area contributed by atoms with E-state index < -0.39 is 0 Å². The summed E-state index contributed by atoms with van der Waals surface area (Å²) in [5.41, 5.74) is 1.16. The smallest absolute Gasteiger partial charge is 0.220 e. The van der Waals surface area contributed by atoms with Crippen molar-refractivity contribution in [3.8, 4) is 5.75 Å². The number of methoxy groups -OCH3 is 1. The molecule has 1 fully saturated rings. The molecule has 2 atom stereocenters. The first-order valence-corrected chi connectivity index (χ1v) is 7.33. The lowest BCUT2D eigenvalue weighted by Crippen LogP contribution is -2.42. The van der Waals surface area contributed by atoms with E-state index in [9.17, 15) is 4.79 Å². The van der Waals surface area contributed by atoms with Gasteiger partial charge in [0, 0.05) is 30.6 Å². The molecule has 1 heterocycles. The van der Waals surface area contributed by atoms with Crippen molar-refractivity contribution >= 4 is 5.91 Å². The molecule has 4 heteroatoms. The van der Waals surface area contributed by atoms with Crippen molar-refractivity contribution in [2.75, 3.05) is 7.11 Å². The number of hydrogen-bond acceptors (Lipinski definition) is 3. The maximum atomic E-state index is 11.4. The first-order chi connectivity index (χ1) is 9.69. The molecule has 0 radical (unpaired) electrons. The second kappa shape index (κ2) is 7.29. The Bertz CT molecular complexity index is 448. The molecule has 1 aliphatic heterocycles. The average molecular weight is 276 g/mol. The summed E-state index contributed by atoms with van der Waals surface area (Å²) in [7, 11) is 1.69. The predicted octanol–water partition coefficient (Wildman–Crippen LogP) is 2.23. The molecule has 1 amide bonds. The van der Waals surface area contributed by atoms with Crippen molar-refractivity contribution in [2.24, 2.45) is 0 Å². The molecule has 0 aromatic heterocycles. The number of carbonyl (C=O) groups excluding carboxylic acids is 1. The number of carbonyl (C=O) groups is 1. The lowest BCUT2D eigenvalue weighted by Gasteiger charge is -2.26. The van der Waals surface area contributed by atoms with Gasteiger partial charge in [0.25, 0.3) is 0 Å². The van der Waals surface area contributed by atoms with E-state index in [-0.39, 0.29) is 5.91 Å². The van der Waals surface area contributed by atoms with Crippen molar-refractivity contribution in [2.45, 2.75) is 51.2 Å². The highest BCUT2D eigenvalue weighted by Gasteiger charge is 2.19. The third-order valence-corrected chi connectivity index (χ3v) is 3.79. The van der Waals surface area contributed by atoms with Gasteiger partial charge in [-0.2, -0.15) is 0 Å². The van der Waals surface area contributed by atoms with Crippen LogP contribution in [0.15, 0.2) is 24.3 Å². The third-order valence-electron chi connectivity index (χ3n) is 3.79. The normalized spacial score (nSPS) is 20.3. The molecular formula is C16H24N2O2. The fourth-order valence-electron chi connectivity index (χ4n) is 2.70. The zero-order valence-corrected chi connectivity index (χ0v) is 12.3. The van der Waals surface area contributed by atoms with Crippen molar-refractivity contribution in [1.29, 1.82) is 0 Å². The monoisotopic (exact) mass is 276 g/mol. The van der Waals surface area contributed by atoms with Crippen LogP contribution in [0.2, 0.25) is 0 Å². The minimum atomic E-state index is 0.193. The minimum absolute atomic E-state index is 0.193. The van der Waals surface area contributed by atoms with Gasteiger partial charge in [0.2, 0.25) is 5.91 Å². The van der Waals surface area contributed by atoms with Gasteiger partial charge in [0.15, 0.2) is 0 Å². The first-order valence-electron chi connectivity index (χ1n) is 7.33. The van der Waals surface area contributed by atoms with Crippen molar-refractivity contribution in [1.82, 2.24) is 10.6 Å². The fraction of sp³-hybridized carbons (Fsp3) is 0.562. The molecule has 110 valence electrons. The molecule has 2 rings (SSSR count). The van der Waals surface area contributed by atoms with Gasteiger partial charge in [-0.05, 0) is 32.3 Å². The number of para-hydroxylation sites is 1. The molecular weight excluding hydrogens is 252 g/mol. The largest absolute Gasteiger partial charge is 0.496 e. The summed E-state index contributed by atoms with van der Waals surface area (Å²) in [6.07, 6.45) is 3.75. The van der Waals surface area contributed by atoms with Crippen molar-refractivity contribution < 1.29 is 9.53 Å². The number of ether oxygens (including phenoxy) is 1. The number of nitrogens with one attached hydrogen (secondary N) is 2. The van der Waals surface area contributed by atoms with Crippen LogP contribution in [0.1, 0.15) is 38.2 Å². The van der Waals surface area contributed by atoms with Crippen LogP contribution in [0.3, 0.4) is 0 Å². The van der Waals surface area contributed by atoms with Crippen LogP contribution in [0, 0.1) is 0 Å². The highest BCUT2D eigenvalue weighted by Crippen LogP contribution is 2.18. The summed E-state index contributed by atoms with van der Waals surface area (Å²) in [4.78, 5) is 11.4. The summed E-state index contributed by atoms with van der Waals surface area (Å²) in [6.45, 7) is 2.95. The highest BCUT2D eigenvalue weighted by molar-refractivity contribution is 5.76. The molecule has 1 aromatic rings. The Hall–Kier alpha value is -1.55. The lowest BCUT2D eigenvalue weighted by atomic mass is 9.98. The minimum Gasteiger partial charge on any atom is -0.496 e. The summed E-state index contributed by atoms with van der Waals surface area (Å²) in [6, 6.07) is 8.72. The fourth-order valence-corrected chi connectivity index (χ4v) is 2.70. The van der Waals surface area contributed by atoms with Crippen molar-refractivity contribution in [3.63, 3.8) is 0 Å². The van der Waals surface area contributed by atoms with E-state index in [4.69, 9.17) is 4.74 Å². The van der Waals surface area contributed by atoms with Crippen LogP contribution in [0.25, 0.3) is 0 Å². The van der Waals surface area contributed by atoms with E-state index >= 15 is 0 Å². The van der Waals surface area contributed by atoms with E-state index in [1.165, 1.54) is 0 Å². The molecule has 2 N–H and O–H groups in total. The van der Waals surface area contributed by atoms with Gasteiger partial charge in [-0.3, -0.25) is 4.79 Å². The molecule has 1 aliphatic rings. The Kier molecular flexibility index (Phi) is 5.41. The average Bonchev–Trinajstić information content (AvgIpc) is 2.45. The van der Waals surface area contributed by atoms with E-state index in [2.05, 4.69) is 23.6 Å². The van der Waals surface area contributed by atoms with Gasteiger partial charge in [0.1, 0.15) is 5.75 Å². The topological polar surface area (TPSA) is 50.4 Å². The quantitative estimate of drug-likeness (QED) is 0.837. The molecule has 4 nitrogen and oxygen atoms in total. The van der Waals surface area contributed by atoms with Gasteiger partial charge >= 0.3 is 0 Å². The van der Waals surface area contributed by atoms with Gasteiger partial charge in [0.05, 0.1) is 7.11 Å². The Morgan fingerprint density at radius 3 is 3.00 bits per heavy atom. The van der Waals surface area contributed by atoms with Crippen LogP contribution in [0.5, 0.6) is 5.75 Å². The summed E-state index contributed by atoms with van der Waals surface area (Å²) in [5.74, 6) is 1.11. The summed E-state index contributed by atoms with van der Waals surface area (Å²) in [5, 5.41) is 6.57. The van der Waals surface area contributed by atoms with Crippen LogP contribution >= 0.6 is 0 Å². The van der Waals surface area contributed by atoms with Crippen LogP contribution in [-0.2, 0) is 11.3 Å². The van der Waals surface area contributed by atoms with E-state index in [1.54, 1.807) is 7.11 Å². The first kappa shape index (κ1) is 14.9. The van der Waals surface area contributed by atoms with Gasteiger partial charge in [-0.15, -0.1) is 0 Å². The molecule has 20 heavy (non-hydrogen) atoms. The van der Waals surface area contributed by atoms with E-state index in [0.29, 0.717) is 18.5 Å². The number of benzene rings is 1. The number of hydrogen-bond donors (Lipinski definition) is 2. The third kappa shape index (κ3) is 4.23. The lowest BCUT2D eigenvalue weighted by molar-refractivity contribution is -0.123. The highest BCUT2D eigenvalue weighted by atomic mass is 16.5. The van der Waals surface area contributed by atoms with Crippen molar-refractivity contribution in [3.05, 3.63) is 29.8 Å². The second-order valence-corrected chi connectivity index (χ2v) is 5.49. The predicted molar refractivity (Wildman–Crippen MR) is 79.7 cm³/mol. The van der Waals surface area contributed by atoms with E-state index in [0.717, 1.165) is 37.1 Å². The SMILES string of the molecule is COc1ccccc1CN[C@H](C)C[C@H]1CCCC(=O)N1. The molecule has 0 aliphatic carbocycles. The zero-order chi connectivity index (χ0) is 14.4. The number of piperidine rings is 1. The van der Waals surface area contributed by atoms with E-state index in [1.807, 2.05) is 18.2 Å². The van der Waals surface area contributed by atoms with Crippen LogP contribution in [-0.4, -0.2) is 25.1 Å². The van der Waals surface area contributed by atoms with Gasteiger partial charge < -0.3 is 15.4 Å². The molecule has 0 bridgehead atoms. The zero-order valence-electron chi connectivity index (χ0n) is 12.3.